The molecule has 14 nitrogen and oxygen atoms in total. The van der Waals surface area contributed by atoms with E-state index in [9.17, 15) is 50.8 Å². The van der Waals surface area contributed by atoms with Crippen molar-refractivity contribution in [2.45, 2.75) is 186 Å². The summed E-state index contributed by atoms with van der Waals surface area (Å²) in [6.45, 7) is 15.5. The van der Waals surface area contributed by atoms with Gasteiger partial charge < -0.3 is 64.9 Å². The first-order chi connectivity index (χ1) is 26.0. The van der Waals surface area contributed by atoms with Crippen molar-refractivity contribution in [3.63, 3.8) is 0 Å². The maximum absolute atomic E-state index is 13.6. The number of ketones is 1. The summed E-state index contributed by atoms with van der Waals surface area (Å²) in [5, 5.41) is 94.0. The summed E-state index contributed by atoms with van der Waals surface area (Å²) in [7, 11) is 0. The van der Waals surface area contributed by atoms with Crippen molar-refractivity contribution >= 4 is 5.78 Å². The van der Waals surface area contributed by atoms with Crippen LogP contribution in [0.25, 0.3) is 0 Å². The number of ether oxygens (including phenoxy) is 4. The van der Waals surface area contributed by atoms with Crippen LogP contribution in [0.4, 0.5) is 0 Å². The standard InChI is InChI=1S/C42H70O14/c1-20(9-13-27(45)39(4,5)56-37-35(52)33(50)31(48)25(19-44)54-37)21-15-16-40(6)26-12-10-22-23(42(26,8)28(46)17-41(21,40)7)11-14-29(38(22,2)3)55-36-34(51)32(49)30(47)24(18-43)53-36/h10,20-21,23-26,28-37,43-44,46-52H,9,11-19H2,1-8H3/t20-,21+,23?,24+,25+,26?,28?,29-,30+,31+,32?,33-,34+,35+,36-,37-,40?,41?,42?/m0/s1. The molecule has 2 aliphatic heterocycles. The Bertz CT molecular complexity index is 1450. The highest BCUT2D eigenvalue weighted by Gasteiger charge is 2.70. The molecule has 19 atom stereocenters. The summed E-state index contributed by atoms with van der Waals surface area (Å²) in [4.78, 5) is 13.6. The van der Waals surface area contributed by atoms with Crippen LogP contribution in [0.5, 0.6) is 0 Å². The Morgan fingerprint density at radius 1 is 0.821 bits per heavy atom. The predicted octanol–water partition coefficient (Wildman–Crippen LogP) is 1.33. The first kappa shape index (κ1) is 44.4. The molecule has 0 radical (unpaired) electrons. The van der Waals surface area contributed by atoms with Crippen molar-refractivity contribution in [1.82, 2.24) is 0 Å². The van der Waals surface area contributed by atoms with Crippen molar-refractivity contribution in [2.75, 3.05) is 13.2 Å². The SMILES string of the molecule is C[C@@H](CCC(=O)C(C)(C)O[C@@H]1O[C@H](CO)[C@@H](O)[C@H](O)[C@H]1O)[C@H]1CCC2(C)C3CC=C4C(CC[C@H](O[C@@H]5O[C@H](CO)[C@@H](O)C(O)[C@H]5O)C4(C)C)C3(C)C(O)CC12C. The van der Waals surface area contributed by atoms with E-state index >= 15 is 0 Å². The van der Waals surface area contributed by atoms with Crippen molar-refractivity contribution in [1.29, 1.82) is 0 Å². The minimum atomic E-state index is -1.60. The smallest absolute Gasteiger partial charge is 0.187 e. The lowest BCUT2D eigenvalue weighted by atomic mass is 9.38. The normalized spacial score (nSPS) is 49.7. The van der Waals surface area contributed by atoms with Crippen LogP contribution in [-0.2, 0) is 23.7 Å². The van der Waals surface area contributed by atoms with Crippen molar-refractivity contribution in [3.05, 3.63) is 11.6 Å². The Balaban J connectivity index is 1.14. The van der Waals surface area contributed by atoms with Gasteiger partial charge in [-0.2, -0.15) is 0 Å². The van der Waals surface area contributed by atoms with Gasteiger partial charge in [-0.25, -0.2) is 0 Å². The maximum atomic E-state index is 13.6. The largest absolute Gasteiger partial charge is 0.394 e. The Kier molecular flexibility index (Phi) is 12.5. The van der Waals surface area contributed by atoms with E-state index in [0.29, 0.717) is 19.3 Å². The van der Waals surface area contributed by atoms with Gasteiger partial charge in [0.05, 0.1) is 25.4 Å². The van der Waals surface area contributed by atoms with Crippen LogP contribution in [0.2, 0.25) is 0 Å². The first-order valence-electron chi connectivity index (χ1n) is 20.9. The average molecular weight is 799 g/mol. The van der Waals surface area contributed by atoms with E-state index in [1.165, 1.54) is 5.57 Å². The summed E-state index contributed by atoms with van der Waals surface area (Å²) >= 11 is 0. The van der Waals surface area contributed by atoms with E-state index in [0.717, 1.165) is 25.7 Å². The molecule has 9 N–H and O–H groups in total. The summed E-state index contributed by atoms with van der Waals surface area (Å²) in [5.74, 6) is 0.540. The van der Waals surface area contributed by atoms with Crippen molar-refractivity contribution in [2.24, 2.45) is 45.3 Å². The van der Waals surface area contributed by atoms with Gasteiger partial charge in [-0.15, -0.1) is 0 Å². The molecule has 0 aromatic rings. The first-order valence-corrected chi connectivity index (χ1v) is 20.9. The van der Waals surface area contributed by atoms with Gasteiger partial charge in [-0.1, -0.05) is 53.2 Å². The molecule has 3 saturated carbocycles. The number of Topliss-reactive ketones (excluding diaryl/α,β-unsaturated/α-hetero) is 1. The Morgan fingerprint density at radius 3 is 1.98 bits per heavy atom. The molecule has 0 spiro atoms. The van der Waals surface area contributed by atoms with Crippen molar-refractivity contribution in [3.8, 4) is 0 Å². The van der Waals surface area contributed by atoms with Crippen LogP contribution < -0.4 is 0 Å². The fourth-order valence-electron chi connectivity index (χ4n) is 12.6. The van der Waals surface area contributed by atoms with Gasteiger partial charge in [0, 0.05) is 17.3 Å². The van der Waals surface area contributed by atoms with E-state index in [4.69, 9.17) is 18.9 Å². The zero-order chi connectivity index (χ0) is 41.5. The summed E-state index contributed by atoms with van der Waals surface area (Å²) < 4.78 is 23.5. The molecule has 322 valence electrons. The predicted molar refractivity (Wildman–Crippen MR) is 201 cm³/mol. The van der Waals surface area contributed by atoms with E-state index < -0.39 is 97.2 Å². The number of rotatable bonds is 11. The number of hydrogen-bond acceptors (Lipinski definition) is 14. The molecular formula is C42H70O14. The number of aliphatic hydroxyl groups excluding tert-OH is 9. The number of aliphatic hydroxyl groups is 9. The highest BCUT2D eigenvalue weighted by Crippen LogP contribution is 2.75. The van der Waals surface area contributed by atoms with Gasteiger partial charge in [-0.05, 0) is 93.3 Å². The zero-order valence-corrected chi connectivity index (χ0v) is 34.5. The minimum Gasteiger partial charge on any atom is -0.394 e. The Labute approximate surface area is 331 Å². The van der Waals surface area contributed by atoms with E-state index in [1.54, 1.807) is 13.8 Å². The molecule has 2 heterocycles. The Hall–Kier alpha value is -1.11. The topological polar surface area (TPSA) is 236 Å². The number of hydrogen-bond donors (Lipinski definition) is 9. The second-order valence-electron chi connectivity index (χ2n) is 20.0. The number of fused-ring (bicyclic) bond motifs is 5. The highest BCUT2D eigenvalue weighted by molar-refractivity contribution is 5.86. The van der Waals surface area contributed by atoms with Crippen molar-refractivity contribution < 1.29 is 69.7 Å². The van der Waals surface area contributed by atoms with E-state index in [2.05, 4.69) is 47.6 Å². The summed E-state index contributed by atoms with van der Waals surface area (Å²) in [6.07, 6.45) is -6.95. The number of carbonyl (C=O) groups is 1. The maximum Gasteiger partial charge on any atom is 0.187 e. The molecule has 0 aromatic heterocycles. The molecule has 5 fully saturated rings. The fourth-order valence-corrected chi connectivity index (χ4v) is 12.6. The quantitative estimate of drug-likeness (QED) is 0.134. The average Bonchev–Trinajstić information content (AvgIpc) is 3.41. The van der Waals surface area contributed by atoms with Gasteiger partial charge in [-0.3, -0.25) is 4.79 Å². The fraction of sp³-hybridized carbons (Fsp3) is 0.929. The lowest BCUT2D eigenvalue weighted by Gasteiger charge is -2.67. The monoisotopic (exact) mass is 798 g/mol. The Morgan fingerprint density at radius 2 is 1.39 bits per heavy atom. The molecule has 4 aliphatic carbocycles. The molecule has 56 heavy (non-hydrogen) atoms. The van der Waals surface area contributed by atoms with Gasteiger partial charge in [0.1, 0.15) is 54.4 Å². The third kappa shape index (κ3) is 6.97. The lowest BCUT2D eigenvalue weighted by molar-refractivity contribution is -0.320. The van der Waals surface area contributed by atoms with E-state index in [-0.39, 0.29) is 52.8 Å². The highest BCUT2D eigenvalue weighted by atomic mass is 16.7. The molecule has 2 saturated heterocycles. The molecule has 7 unspecified atom stereocenters. The summed E-state index contributed by atoms with van der Waals surface area (Å²) in [6, 6.07) is 0. The number of carbonyl (C=O) groups excluding carboxylic acids is 1. The molecule has 6 rings (SSSR count). The second-order valence-corrected chi connectivity index (χ2v) is 20.0. The van der Waals surface area contributed by atoms with Crippen LogP contribution >= 0.6 is 0 Å². The minimum absolute atomic E-state index is 0.0781. The molecule has 0 aromatic carbocycles. The molecule has 14 heteroatoms. The third-order valence-corrected chi connectivity index (χ3v) is 16.5. The second kappa shape index (κ2) is 15.7. The van der Waals surface area contributed by atoms with Crippen LogP contribution in [-0.4, -0.2) is 144 Å². The molecule has 6 aliphatic rings. The van der Waals surface area contributed by atoms with Gasteiger partial charge in [0.25, 0.3) is 0 Å². The molecule has 0 bridgehead atoms. The van der Waals surface area contributed by atoms with Crippen LogP contribution in [0.15, 0.2) is 11.6 Å². The van der Waals surface area contributed by atoms with Gasteiger partial charge in [0.2, 0.25) is 0 Å². The molecule has 0 amide bonds. The third-order valence-electron chi connectivity index (χ3n) is 16.5. The van der Waals surface area contributed by atoms with Crippen LogP contribution in [0.3, 0.4) is 0 Å². The van der Waals surface area contributed by atoms with Crippen LogP contribution in [0, 0.1) is 45.3 Å². The zero-order valence-electron chi connectivity index (χ0n) is 34.5. The van der Waals surface area contributed by atoms with Gasteiger partial charge >= 0.3 is 0 Å². The summed E-state index contributed by atoms with van der Waals surface area (Å²) in [5.41, 5.74) is -1.31. The lowest BCUT2D eigenvalue weighted by Crippen LogP contribution is -2.65. The van der Waals surface area contributed by atoms with Crippen LogP contribution in [0.1, 0.15) is 107 Å². The molecular weight excluding hydrogens is 728 g/mol. The van der Waals surface area contributed by atoms with Gasteiger partial charge in [0.15, 0.2) is 18.4 Å². The van der Waals surface area contributed by atoms with E-state index in [1.807, 2.05) is 0 Å². The number of allylic oxidation sites excluding steroid dienone is 1.